The van der Waals surface area contributed by atoms with Crippen LogP contribution in [0.2, 0.25) is 0 Å². The van der Waals surface area contributed by atoms with Crippen molar-refractivity contribution in [3.63, 3.8) is 0 Å². The van der Waals surface area contributed by atoms with Crippen LogP contribution >= 0.6 is 12.6 Å². The number of hydrogen-bond acceptors (Lipinski definition) is 1. The maximum Gasteiger partial charge on any atom is 0.117 e. The molecule has 0 amide bonds. The first-order chi connectivity index (χ1) is 2.56. The van der Waals surface area contributed by atoms with Crippen molar-refractivity contribution in [2.24, 2.45) is 0 Å². The highest BCUT2D eigenvalue weighted by Gasteiger charge is 2.07. The predicted molar refractivity (Wildman–Crippen MR) is 28.7 cm³/mol. The highest BCUT2D eigenvalue weighted by atomic mass is 32.1. The van der Waals surface area contributed by atoms with Gasteiger partial charge in [0.2, 0.25) is 0 Å². The standard InChI is InChI=1S/C4H9OS/c1-4(2,6)5-3/h1-3H3. The van der Waals surface area contributed by atoms with Gasteiger partial charge in [0.05, 0.1) is 0 Å². The summed E-state index contributed by atoms with van der Waals surface area (Å²) in [7, 11) is 1.60. The van der Waals surface area contributed by atoms with E-state index >= 15 is 0 Å². The van der Waals surface area contributed by atoms with Gasteiger partial charge >= 0.3 is 0 Å². The van der Waals surface area contributed by atoms with Crippen LogP contribution in [0.4, 0.5) is 0 Å². The maximum absolute atomic E-state index is 4.76. The molecule has 0 aliphatic rings. The number of ether oxygens (including phenoxy) is 1. The largest absolute Gasteiger partial charge is 0.367 e. The summed E-state index contributed by atoms with van der Waals surface area (Å²) in [6.45, 7) is 3.67. The van der Waals surface area contributed by atoms with Crippen molar-refractivity contribution in [3.8, 4) is 0 Å². The zero-order chi connectivity index (χ0) is 5.21. The van der Waals surface area contributed by atoms with Gasteiger partial charge in [-0.2, -0.15) is 0 Å². The Labute approximate surface area is 44.1 Å². The zero-order valence-electron chi connectivity index (χ0n) is 4.32. The van der Waals surface area contributed by atoms with Gasteiger partial charge in [-0.05, 0) is 13.8 Å². The third kappa shape index (κ3) is 4.31. The van der Waals surface area contributed by atoms with E-state index in [9.17, 15) is 0 Å². The number of rotatable bonds is 1. The summed E-state index contributed by atoms with van der Waals surface area (Å²) in [5.41, 5.74) is 0. The van der Waals surface area contributed by atoms with Crippen molar-refractivity contribution in [1.29, 1.82) is 0 Å². The Hall–Kier alpha value is 0.310. The molecular weight excluding hydrogens is 96.1 g/mol. The second kappa shape index (κ2) is 1.85. The van der Waals surface area contributed by atoms with Crippen LogP contribution < -0.4 is 0 Å². The molecule has 1 nitrogen and oxygen atoms in total. The van der Waals surface area contributed by atoms with Crippen molar-refractivity contribution in [2.75, 3.05) is 7.11 Å². The van der Waals surface area contributed by atoms with Crippen LogP contribution in [0.5, 0.6) is 0 Å². The van der Waals surface area contributed by atoms with E-state index in [4.69, 9.17) is 17.4 Å². The summed E-state index contributed by atoms with van der Waals surface area (Å²) in [6.07, 6.45) is 0. The van der Waals surface area contributed by atoms with Gasteiger partial charge in [-0.3, -0.25) is 0 Å². The van der Waals surface area contributed by atoms with E-state index in [1.54, 1.807) is 7.11 Å². The monoisotopic (exact) mass is 105 g/mol. The van der Waals surface area contributed by atoms with Gasteiger partial charge in [-0.1, -0.05) is 12.6 Å². The van der Waals surface area contributed by atoms with E-state index in [0.717, 1.165) is 0 Å². The second-order valence-corrected chi connectivity index (χ2v) is 2.59. The fraction of sp³-hybridized carbons (Fsp3) is 1.00. The molecule has 0 heterocycles. The van der Waals surface area contributed by atoms with Crippen LogP contribution in [-0.2, 0) is 4.74 Å². The normalized spacial score (nSPS) is 12.0. The molecule has 0 aromatic heterocycles. The van der Waals surface area contributed by atoms with Crippen LogP contribution in [0.1, 0.15) is 13.8 Å². The quantitative estimate of drug-likeness (QED) is 0.492. The zero-order valence-corrected chi connectivity index (χ0v) is 5.13. The third-order valence-electron chi connectivity index (χ3n) is 0.492. The van der Waals surface area contributed by atoms with Crippen molar-refractivity contribution in [3.05, 3.63) is 0 Å². The average Bonchev–Trinajstić information content (AvgIpc) is 1.35. The lowest BCUT2D eigenvalue weighted by atomic mass is 10.5. The molecule has 0 fully saturated rings. The Bertz CT molecular complexity index is 37.3. The first-order valence-corrected chi connectivity index (χ1v) is 2.22. The van der Waals surface area contributed by atoms with Gasteiger partial charge in [-0.15, -0.1) is 0 Å². The topological polar surface area (TPSA) is 9.23 Å². The van der Waals surface area contributed by atoms with Gasteiger partial charge < -0.3 is 4.74 Å². The SMILES string of the molecule is COC(C)(C)[S]. The summed E-state index contributed by atoms with van der Waals surface area (Å²) >= 11 is 4.76. The van der Waals surface area contributed by atoms with Gasteiger partial charge in [0, 0.05) is 7.11 Å². The molecule has 0 bridgehead atoms. The number of methoxy groups -OCH3 is 1. The molecule has 0 aromatic rings. The van der Waals surface area contributed by atoms with Crippen molar-refractivity contribution in [2.45, 2.75) is 18.8 Å². The molecule has 0 aromatic carbocycles. The van der Waals surface area contributed by atoms with Gasteiger partial charge in [0.25, 0.3) is 0 Å². The molecule has 0 saturated carbocycles. The molecule has 0 spiro atoms. The van der Waals surface area contributed by atoms with Gasteiger partial charge in [0.15, 0.2) is 0 Å². The molecule has 0 rings (SSSR count). The lowest BCUT2D eigenvalue weighted by Gasteiger charge is -2.11. The minimum Gasteiger partial charge on any atom is -0.367 e. The Morgan fingerprint density at radius 1 is 1.50 bits per heavy atom. The summed E-state index contributed by atoms with van der Waals surface area (Å²) < 4.78 is 4.75. The first-order valence-electron chi connectivity index (χ1n) is 1.82. The fourth-order valence-electron chi connectivity index (χ4n) is 0. The van der Waals surface area contributed by atoms with E-state index < -0.39 is 0 Å². The molecule has 6 heavy (non-hydrogen) atoms. The molecule has 0 N–H and O–H groups in total. The van der Waals surface area contributed by atoms with Crippen molar-refractivity contribution >= 4 is 12.6 Å². The molecule has 1 radical (unpaired) electrons. The smallest absolute Gasteiger partial charge is 0.117 e. The van der Waals surface area contributed by atoms with E-state index in [1.165, 1.54) is 0 Å². The molecule has 0 aliphatic heterocycles. The maximum atomic E-state index is 4.76. The van der Waals surface area contributed by atoms with Gasteiger partial charge in [-0.25, -0.2) is 0 Å². The van der Waals surface area contributed by atoms with Crippen molar-refractivity contribution in [1.82, 2.24) is 0 Å². The summed E-state index contributed by atoms with van der Waals surface area (Å²) in [4.78, 5) is -0.375. The van der Waals surface area contributed by atoms with E-state index in [-0.39, 0.29) is 4.93 Å². The Balaban J connectivity index is 3.17. The van der Waals surface area contributed by atoms with Crippen LogP contribution in [0.15, 0.2) is 0 Å². The average molecular weight is 105 g/mol. The fourth-order valence-corrected chi connectivity index (χ4v) is 0. The van der Waals surface area contributed by atoms with Crippen LogP contribution in [0, 0.1) is 0 Å². The van der Waals surface area contributed by atoms with E-state index in [1.807, 2.05) is 13.8 Å². The molecular formula is C4H9OS. The van der Waals surface area contributed by atoms with Crippen LogP contribution in [0.25, 0.3) is 0 Å². The van der Waals surface area contributed by atoms with E-state index in [0.29, 0.717) is 0 Å². The molecule has 0 aliphatic carbocycles. The third-order valence-corrected chi connectivity index (χ3v) is 0.658. The lowest BCUT2D eigenvalue weighted by molar-refractivity contribution is 0.105. The summed E-state index contributed by atoms with van der Waals surface area (Å²) in [5.74, 6) is 0. The first kappa shape index (κ1) is 6.31. The van der Waals surface area contributed by atoms with Crippen LogP contribution in [0.3, 0.4) is 0 Å². The van der Waals surface area contributed by atoms with Crippen LogP contribution in [-0.4, -0.2) is 12.0 Å². The van der Waals surface area contributed by atoms with Gasteiger partial charge in [0.1, 0.15) is 4.93 Å². The molecule has 2 heteroatoms. The minimum atomic E-state index is -0.375. The lowest BCUT2D eigenvalue weighted by Crippen LogP contribution is -2.11. The number of hydrogen-bond donors (Lipinski definition) is 0. The predicted octanol–water partition coefficient (Wildman–Crippen LogP) is 1.57. The Kier molecular flexibility index (Phi) is 1.94. The highest BCUT2D eigenvalue weighted by Crippen LogP contribution is 2.10. The highest BCUT2D eigenvalue weighted by molar-refractivity contribution is 7.81. The summed E-state index contributed by atoms with van der Waals surface area (Å²) in [6, 6.07) is 0. The molecule has 37 valence electrons. The molecule has 0 saturated heterocycles. The Morgan fingerprint density at radius 2 is 1.67 bits per heavy atom. The minimum absolute atomic E-state index is 0.375. The molecule has 0 atom stereocenters. The second-order valence-electron chi connectivity index (χ2n) is 1.60. The molecule has 0 unspecified atom stereocenters. The Morgan fingerprint density at radius 3 is 1.67 bits per heavy atom. The summed E-state index contributed by atoms with van der Waals surface area (Å²) in [5, 5.41) is 0. The van der Waals surface area contributed by atoms with E-state index in [2.05, 4.69) is 0 Å². The van der Waals surface area contributed by atoms with Crippen molar-refractivity contribution < 1.29 is 4.74 Å².